The van der Waals surface area contributed by atoms with E-state index >= 15 is 0 Å². The van der Waals surface area contributed by atoms with Crippen molar-refractivity contribution in [3.63, 3.8) is 0 Å². The SMILES string of the molecule is CCOC(=O)CCNC(=S)NC(CSC/C=C(\C)CC/C=C(\C)CCC=C(C)C)C(=O)O. The first kappa shape index (κ1) is 30.2. The highest BCUT2D eigenvalue weighted by Crippen LogP contribution is 2.13. The fourth-order valence-electron chi connectivity index (χ4n) is 2.62. The van der Waals surface area contributed by atoms with Gasteiger partial charge < -0.3 is 20.5 Å². The Morgan fingerprint density at radius 2 is 1.66 bits per heavy atom. The van der Waals surface area contributed by atoms with Crippen molar-refractivity contribution < 1.29 is 19.4 Å². The van der Waals surface area contributed by atoms with E-state index < -0.39 is 12.0 Å². The third-order valence-electron chi connectivity index (χ3n) is 4.48. The highest BCUT2D eigenvalue weighted by molar-refractivity contribution is 7.99. The number of thiocarbonyl (C=S) groups is 1. The summed E-state index contributed by atoms with van der Waals surface area (Å²) in [6, 6.07) is -0.789. The van der Waals surface area contributed by atoms with E-state index in [1.54, 1.807) is 18.7 Å². The third-order valence-corrected chi connectivity index (χ3v) is 5.71. The molecule has 0 fully saturated rings. The summed E-state index contributed by atoms with van der Waals surface area (Å²) in [6.07, 6.45) is 11.2. The average Bonchev–Trinajstić information content (AvgIpc) is 2.70. The minimum atomic E-state index is -0.957. The smallest absolute Gasteiger partial charge is 0.327 e. The summed E-state index contributed by atoms with van der Waals surface area (Å²) < 4.78 is 4.84. The Hall–Kier alpha value is -1.80. The number of nitrogens with one attached hydrogen (secondary N) is 2. The number of thioether (sulfide) groups is 1. The van der Waals surface area contributed by atoms with Crippen molar-refractivity contribution >= 4 is 41.0 Å². The van der Waals surface area contributed by atoms with Crippen LogP contribution in [0.25, 0.3) is 0 Å². The monoisotopic (exact) mass is 484 g/mol. The molecule has 1 unspecified atom stereocenters. The van der Waals surface area contributed by atoms with Crippen LogP contribution in [0.5, 0.6) is 0 Å². The molecule has 0 bridgehead atoms. The van der Waals surface area contributed by atoms with Crippen molar-refractivity contribution in [2.45, 2.75) is 72.8 Å². The molecule has 0 aliphatic heterocycles. The van der Waals surface area contributed by atoms with Crippen LogP contribution in [0.1, 0.15) is 66.7 Å². The molecule has 1 atom stereocenters. The Morgan fingerprint density at radius 1 is 1.03 bits per heavy atom. The zero-order chi connectivity index (χ0) is 24.4. The lowest BCUT2D eigenvalue weighted by Gasteiger charge is -2.16. The second-order valence-corrected chi connectivity index (χ2v) is 9.33. The van der Waals surface area contributed by atoms with Crippen LogP contribution in [0.4, 0.5) is 0 Å². The molecule has 0 aromatic heterocycles. The third kappa shape index (κ3) is 17.8. The maximum atomic E-state index is 11.5. The second kappa shape index (κ2) is 18.7. The zero-order valence-corrected chi connectivity index (χ0v) is 21.8. The molecule has 0 rings (SSSR count). The van der Waals surface area contributed by atoms with Gasteiger partial charge in [0.25, 0.3) is 0 Å². The summed E-state index contributed by atoms with van der Waals surface area (Å²) in [6.45, 7) is 10.9. The van der Waals surface area contributed by atoms with Gasteiger partial charge in [-0.2, -0.15) is 11.8 Å². The molecule has 0 heterocycles. The number of carbonyl (C=O) groups excluding carboxylic acids is 1. The van der Waals surface area contributed by atoms with Crippen molar-refractivity contribution in [2.24, 2.45) is 0 Å². The van der Waals surface area contributed by atoms with Gasteiger partial charge >= 0.3 is 11.9 Å². The lowest BCUT2D eigenvalue weighted by molar-refractivity contribution is -0.143. The zero-order valence-electron chi connectivity index (χ0n) is 20.2. The lowest BCUT2D eigenvalue weighted by atomic mass is 10.1. The quantitative estimate of drug-likeness (QED) is 0.122. The van der Waals surface area contributed by atoms with E-state index in [1.807, 2.05) is 0 Å². The highest BCUT2D eigenvalue weighted by atomic mass is 32.2. The summed E-state index contributed by atoms with van der Waals surface area (Å²) >= 11 is 6.67. The summed E-state index contributed by atoms with van der Waals surface area (Å²) in [5, 5.41) is 15.3. The fourth-order valence-corrected chi connectivity index (χ4v) is 3.87. The van der Waals surface area contributed by atoms with E-state index in [-0.39, 0.29) is 17.5 Å². The number of carbonyl (C=O) groups is 2. The summed E-state index contributed by atoms with van der Waals surface area (Å²) in [5.74, 6) is -0.127. The molecule has 6 nitrogen and oxygen atoms in total. The maximum absolute atomic E-state index is 11.5. The van der Waals surface area contributed by atoms with Crippen LogP contribution in [-0.2, 0) is 14.3 Å². The molecule has 0 saturated carbocycles. The Morgan fingerprint density at radius 3 is 2.25 bits per heavy atom. The van der Waals surface area contributed by atoms with Gasteiger partial charge in [-0.15, -0.1) is 0 Å². The predicted octanol–water partition coefficient (Wildman–Crippen LogP) is 5.01. The van der Waals surface area contributed by atoms with Crippen molar-refractivity contribution in [3.8, 4) is 0 Å². The first-order valence-corrected chi connectivity index (χ1v) is 12.7. The van der Waals surface area contributed by atoms with E-state index in [1.165, 1.54) is 16.7 Å². The van der Waals surface area contributed by atoms with Gasteiger partial charge in [0.15, 0.2) is 5.11 Å². The number of esters is 1. The first-order chi connectivity index (χ1) is 15.1. The number of carboxylic acid groups (broad SMARTS) is 1. The number of aliphatic carboxylic acids is 1. The molecule has 182 valence electrons. The molecule has 3 N–H and O–H groups in total. The molecule has 32 heavy (non-hydrogen) atoms. The fraction of sp³-hybridized carbons (Fsp3) is 0.625. The van der Waals surface area contributed by atoms with Gasteiger partial charge in [0.1, 0.15) is 6.04 Å². The Labute approximate surface area is 203 Å². The van der Waals surface area contributed by atoms with Gasteiger partial charge in [-0.3, -0.25) is 4.79 Å². The van der Waals surface area contributed by atoms with Gasteiger partial charge in [0, 0.05) is 18.1 Å². The minimum absolute atomic E-state index is 0.177. The Balaban J connectivity index is 4.20. The molecule has 0 radical (unpaired) electrons. The molecule has 8 heteroatoms. The number of carboxylic acids is 1. The summed E-state index contributed by atoms with van der Waals surface area (Å²) in [7, 11) is 0. The van der Waals surface area contributed by atoms with Gasteiger partial charge in [0.05, 0.1) is 13.0 Å². The summed E-state index contributed by atoms with van der Waals surface area (Å²) in [4.78, 5) is 22.8. The van der Waals surface area contributed by atoms with Crippen LogP contribution in [0.15, 0.2) is 34.9 Å². The maximum Gasteiger partial charge on any atom is 0.327 e. The van der Waals surface area contributed by atoms with Crippen LogP contribution in [0.2, 0.25) is 0 Å². The van der Waals surface area contributed by atoms with E-state index in [0.717, 1.165) is 31.4 Å². The normalized spacial score (nSPS) is 12.7. The van der Waals surface area contributed by atoms with Gasteiger partial charge in [0.2, 0.25) is 0 Å². The van der Waals surface area contributed by atoms with E-state index in [2.05, 4.69) is 56.6 Å². The molecule has 0 aromatic carbocycles. The van der Waals surface area contributed by atoms with Gasteiger partial charge in [-0.25, -0.2) is 4.79 Å². The molecule has 0 aliphatic rings. The van der Waals surface area contributed by atoms with Crippen LogP contribution in [-0.4, -0.2) is 52.9 Å². The largest absolute Gasteiger partial charge is 0.480 e. The summed E-state index contributed by atoms with van der Waals surface area (Å²) in [5.41, 5.74) is 4.09. The molecular weight excluding hydrogens is 444 g/mol. The number of hydrogen-bond acceptors (Lipinski definition) is 5. The topological polar surface area (TPSA) is 87.7 Å². The van der Waals surface area contributed by atoms with Crippen molar-refractivity contribution in [1.82, 2.24) is 10.6 Å². The van der Waals surface area contributed by atoms with Crippen molar-refractivity contribution in [1.29, 1.82) is 0 Å². The van der Waals surface area contributed by atoms with Crippen molar-refractivity contribution in [2.75, 3.05) is 24.7 Å². The number of allylic oxidation sites excluding steroid dienone is 5. The molecule has 0 spiro atoms. The van der Waals surface area contributed by atoms with Gasteiger partial charge in [-0.1, -0.05) is 34.9 Å². The van der Waals surface area contributed by atoms with E-state index in [4.69, 9.17) is 17.0 Å². The standard InChI is InChI=1S/C24H40N2O4S2/c1-6-30-22(27)13-15-25-24(31)26-21(23(28)29)17-32-16-14-20(5)12-8-11-19(4)10-7-9-18(2)3/h9,11,14,21H,6-8,10,12-13,15-17H2,1-5H3,(H,28,29)(H2,25,26,31)/b19-11+,20-14+. The second-order valence-electron chi connectivity index (χ2n) is 7.84. The van der Waals surface area contributed by atoms with Crippen LogP contribution >= 0.6 is 24.0 Å². The molecular formula is C24H40N2O4S2. The molecule has 0 saturated heterocycles. The predicted molar refractivity (Wildman–Crippen MR) is 139 cm³/mol. The Kier molecular flexibility index (Phi) is 17.7. The van der Waals surface area contributed by atoms with Crippen LogP contribution in [0.3, 0.4) is 0 Å². The number of hydrogen-bond donors (Lipinski definition) is 3. The number of ether oxygens (including phenoxy) is 1. The van der Waals surface area contributed by atoms with Crippen LogP contribution < -0.4 is 10.6 Å². The van der Waals surface area contributed by atoms with Crippen molar-refractivity contribution in [3.05, 3.63) is 34.9 Å². The lowest BCUT2D eigenvalue weighted by Crippen LogP contribution is -2.47. The van der Waals surface area contributed by atoms with Crippen LogP contribution in [0, 0.1) is 0 Å². The highest BCUT2D eigenvalue weighted by Gasteiger charge is 2.18. The molecule has 0 amide bonds. The Bertz CT molecular complexity index is 683. The molecule has 0 aromatic rings. The minimum Gasteiger partial charge on any atom is -0.480 e. The van der Waals surface area contributed by atoms with E-state index in [9.17, 15) is 14.7 Å². The molecule has 0 aliphatic carbocycles. The van der Waals surface area contributed by atoms with Gasteiger partial charge in [-0.05, 0) is 72.5 Å². The average molecular weight is 485 g/mol. The number of rotatable bonds is 16. The van der Waals surface area contributed by atoms with E-state index in [0.29, 0.717) is 18.9 Å². The first-order valence-electron chi connectivity index (χ1n) is 11.1.